The molecule has 0 atom stereocenters. The topological polar surface area (TPSA) is 71.2 Å². The number of pyridine rings is 1. The van der Waals surface area contributed by atoms with Crippen molar-refractivity contribution in [3.63, 3.8) is 0 Å². The Morgan fingerprint density at radius 3 is 2.78 bits per heavy atom. The van der Waals surface area contributed by atoms with Crippen LogP contribution in [0.1, 0.15) is 10.4 Å². The van der Waals surface area contributed by atoms with Gasteiger partial charge >= 0.3 is 0 Å². The van der Waals surface area contributed by atoms with E-state index in [-0.39, 0.29) is 11.0 Å². The molecule has 3 aromatic rings. The number of carbonyl (C=O) groups is 1. The molecule has 0 saturated carbocycles. The van der Waals surface area contributed by atoms with Gasteiger partial charge in [-0.2, -0.15) is 0 Å². The number of amides is 1. The number of halogens is 1. The minimum Gasteiger partial charge on any atom is -0.497 e. The fourth-order valence-corrected chi connectivity index (χ4v) is 2.51. The summed E-state index contributed by atoms with van der Waals surface area (Å²) in [5, 5.41) is 3.48. The minimum absolute atomic E-state index is 0.0163. The lowest BCUT2D eigenvalue weighted by Crippen LogP contribution is -2.22. The van der Waals surface area contributed by atoms with E-state index >= 15 is 0 Å². The van der Waals surface area contributed by atoms with Crippen molar-refractivity contribution in [3.05, 3.63) is 69.5 Å². The van der Waals surface area contributed by atoms with Crippen molar-refractivity contribution < 1.29 is 9.53 Å². The maximum absolute atomic E-state index is 12.5. The van der Waals surface area contributed by atoms with E-state index in [9.17, 15) is 9.59 Å². The normalized spacial score (nSPS) is 10.5. The van der Waals surface area contributed by atoms with Crippen LogP contribution in [0.25, 0.3) is 10.9 Å². The molecule has 2 N–H and O–H groups in total. The number of nitrogens with one attached hydrogen (secondary N) is 2. The maximum Gasteiger partial charge on any atom is 0.261 e. The van der Waals surface area contributed by atoms with Crippen LogP contribution in [-0.4, -0.2) is 18.0 Å². The van der Waals surface area contributed by atoms with E-state index in [1.54, 1.807) is 49.6 Å². The highest BCUT2D eigenvalue weighted by molar-refractivity contribution is 6.35. The van der Waals surface area contributed by atoms with Crippen LogP contribution in [0, 0.1) is 0 Å². The highest BCUT2D eigenvalue weighted by Gasteiger charge is 2.14. The van der Waals surface area contributed by atoms with Crippen LogP contribution < -0.4 is 15.5 Å². The second-order valence-corrected chi connectivity index (χ2v) is 5.29. The molecule has 1 heterocycles. The fourth-order valence-electron chi connectivity index (χ4n) is 2.28. The molecule has 0 spiro atoms. The number of methoxy groups -OCH3 is 1. The third-order valence-electron chi connectivity index (χ3n) is 3.44. The Labute approximate surface area is 136 Å². The van der Waals surface area contributed by atoms with Gasteiger partial charge in [0.15, 0.2) is 0 Å². The Bertz CT molecular complexity index is 950. The number of hydrogen-bond acceptors (Lipinski definition) is 3. The molecule has 3 rings (SSSR count). The minimum atomic E-state index is -0.499. The number of hydrogen-bond donors (Lipinski definition) is 2. The number of anilines is 1. The van der Waals surface area contributed by atoms with Crippen molar-refractivity contribution in [1.29, 1.82) is 0 Å². The van der Waals surface area contributed by atoms with Crippen molar-refractivity contribution >= 4 is 34.1 Å². The van der Waals surface area contributed by atoms with Crippen LogP contribution in [0.15, 0.2) is 53.5 Å². The zero-order valence-electron chi connectivity index (χ0n) is 12.2. The number of benzene rings is 2. The Kier molecular flexibility index (Phi) is 4.04. The monoisotopic (exact) mass is 328 g/mol. The molecule has 6 heteroatoms. The van der Waals surface area contributed by atoms with Crippen molar-refractivity contribution in [3.8, 4) is 5.75 Å². The number of ether oxygens (including phenoxy) is 1. The third-order valence-corrected chi connectivity index (χ3v) is 3.75. The molecule has 2 aromatic carbocycles. The van der Waals surface area contributed by atoms with Gasteiger partial charge in [-0.1, -0.05) is 23.7 Å². The molecule has 0 aliphatic heterocycles. The molecule has 0 unspecified atom stereocenters. The molecule has 1 amide bonds. The lowest BCUT2D eigenvalue weighted by molar-refractivity contribution is 0.102. The van der Waals surface area contributed by atoms with Gasteiger partial charge in [0.25, 0.3) is 5.91 Å². The lowest BCUT2D eigenvalue weighted by atomic mass is 10.1. The zero-order valence-corrected chi connectivity index (χ0v) is 13.0. The van der Waals surface area contributed by atoms with Gasteiger partial charge in [-0.25, -0.2) is 0 Å². The summed E-state index contributed by atoms with van der Waals surface area (Å²) < 4.78 is 5.10. The number of aromatic nitrogens is 1. The number of para-hydroxylation sites is 1. The molecule has 1 aromatic heterocycles. The summed E-state index contributed by atoms with van der Waals surface area (Å²) >= 11 is 6.04. The molecule has 0 aliphatic carbocycles. The van der Waals surface area contributed by atoms with Crippen LogP contribution in [-0.2, 0) is 0 Å². The molecular formula is C17H13ClN2O3. The van der Waals surface area contributed by atoms with Crippen molar-refractivity contribution in [2.24, 2.45) is 0 Å². The molecule has 0 fully saturated rings. The average molecular weight is 329 g/mol. The van der Waals surface area contributed by atoms with Crippen LogP contribution in [0.2, 0.25) is 5.02 Å². The van der Waals surface area contributed by atoms with Crippen LogP contribution >= 0.6 is 11.6 Å². The predicted octanol–water partition coefficient (Wildman–Crippen LogP) is 3.44. The summed E-state index contributed by atoms with van der Waals surface area (Å²) in [5.74, 6) is 0.114. The highest BCUT2D eigenvalue weighted by atomic mass is 35.5. The van der Waals surface area contributed by atoms with E-state index < -0.39 is 5.91 Å². The molecule has 116 valence electrons. The van der Waals surface area contributed by atoms with Crippen LogP contribution in [0.3, 0.4) is 0 Å². The lowest BCUT2D eigenvalue weighted by Gasteiger charge is -2.08. The average Bonchev–Trinajstić information content (AvgIpc) is 2.56. The number of H-pyrrole nitrogens is 1. The Morgan fingerprint density at radius 2 is 2.00 bits per heavy atom. The van der Waals surface area contributed by atoms with Crippen LogP contribution in [0.4, 0.5) is 5.69 Å². The molecule has 0 aliphatic rings. The molecule has 0 saturated heterocycles. The molecule has 0 radical (unpaired) electrons. The van der Waals surface area contributed by atoms with Gasteiger partial charge in [0, 0.05) is 23.3 Å². The largest absolute Gasteiger partial charge is 0.497 e. The third kappa shape index (κ3) is 2.91. The first-order valence-corrected chi connectivity index (χ1v) is 7.23. The van der Waals surface area contributed by atoms with Gasteiger partial charge in [-0.15, -0.1) is 0 Å². The molecular weight excluding hydrogens is 316 g/mol. The van der Waals surface area contributed by atoms with E-state index in [2.05, 4.69) is 10.3 Å². The number of rotatable bonds is 3. The second-order valence-electron chi connectivity index (χ2n) is 4.88. The number of fused-ring (bicyclic) bond motifs is 1. The first-order chi connectivity index (χ1) is 11.1. The molecule has 5 nitrogen and oxygen atoms in total. The summed E-state index contributed by atoms with van der Waals surface area (Å²) in [6.07, 6.45) is 1.37. The van der Waals surface area contributed by atoms with Crippen molar-refractivity contribution in [2.75, 3.05) is 12.4 Å². The molecule has 0 bridgehead atoms. The molecule has 23 heavy (non-hydrogen) atoms. The van der Waals surface area contributed by atoms with E-state index in [1.165, 1.54) is 6.20 Å². The number of carbonyl (C=O) groups excluding carboxylic acids is 1. The maximum atomic E-state index is 12.5. The summed E-state index contributed by atoms with van der Waals surface area (Å²) in [6.45, 7) is 0. The first kappa shape index (κ1) is 15.1. The van der Waals surface area contributed by atoms with E-state index in [0.717, 1.165) is 0 Å². The Morgan fingerprint density at radius 1 is 1.22 bits per heavy atom. The quantitative estimate of drug-likeness (QED) is 0.773. The Hall–Kier alpha value is -2.79. The van der Waals surface area contributed by atoms with Gasteiger partial charge in [-0.3, -0.25) is 9.59 Å². The first-order valence-electron chi connectivity index (χ1n) is 6.85. The van der Waals surface area contributed by atoms with Gasteiger partial charge in [-0.05, 0) is 24.3 Å². The second kappa shape index (κ2) is 6.14. The van der Waals surface area contributed by atoms with Crippen molar-refractivity contribution in [1.82, 2.24) is 4.98 Å². The fraction of sp³-hybridized carbons (Fsp3) is 0.0588. The highest BCUT2D eigenvalue weighted by Crippen LogP contribution is 2.20. The van der Waals surface area contributed by atoms with Crippen molar-refractivity contribution in [2.45, 2.75) is 0 Å². The van der Waals surface area contributed by atoms with Gasteiger partial charge in [0.2, 0.25) is 5.43 Å². The zero-order chi connectivity index (χ0) is 16.4. The van der Waals surface area contributed by atoms with Gasteiger partial charge in [0.05, 0.1) is 17.6 Å². The summed E-state index contributed by atoms with van der Waals surface area (Å²) in [5.41, 5.74) is 0.696. The summed E-state index contributed by atoms with van der Waals surface area (Å²) in [4.78, 5) is 27.7. The van der Waals surface area contributed by atoms with E-state index in [0.29, 0.717) is 27.4 Å². The van der Waals surface area contributed by atoms with E-state index in [1.807, 2.05) is 0 Å². The smallest absolute Gasteiger partial charge is 0.261 e. The Balaban J connectivity index is 1.98. The van der Waals surface area contributed by atoms with Gasteiger partial charge < -0.3 is 15.0 Å². The van der Waals surface area contributed by atoms with Gasteiger partial charge in [0.1, 0.15) is 11.3 Å². The number of aromatic amines is 1. The summed E-state index contributed by atoms with van der Waals surface area (Å²) in [7, 11) is 1.54. The van der Waals surface area contributed by atoms with E-state index in [4.69, 9.17) is 16.3 Å². The summed E-state index contributed by atoms with van der Waals surface area (Å²) in [6, 6.07) is 11.9. The SMILES string of the molecule is COc1cccc(NC(=O)c2c[nH]c3c(Cl)cccc3c2=O)c1. The predicted molar refractivity (Wildman–Crippen MR) is 90.5 cm³/mol. The van der Waals surface area contributed by atoms with Crippen LogP contribution in [0.5, 0.6) is 5.75 Å². The standard InChI is InChI=1S/C17H13ClN2O3/c1-23-11-5-2-4-10(8-11)20-17(22)13-9-19-15-12(16(13)21)6-3-7-14(15)18/h2-9H,1H3,(H,19,21)(H,20,22).